The Bertz CT molecular complexity index is 694. The van der Waals surface area contributed by atoms with Gasteiger partial charge in [-0.3, -0.25) is 0 Å². The summed E-state index contributed by atoms with van der Waals surface area (Å²) in [6.07, 6.45) is -4.62. The molecular weight excluding hydrogens is 311 g/mol. The SMILES string of the molecule is Cn1c(C(=O)O)c(OCCCl)c2c(C(F)(F)F)cccc21. The number of carbonyl (C=O) groups is 1. The molecular formula is C13H11ClF3NO3. The quantitative estimate of drug-likeness (QED) is 0.877. The highest BCUT2D eigenvalue weighted by atomic mass is 35.5. The molecule has 0 atom stereocenters. The summed E-state index contributed by atoms with van der Waals surface area (Å²) in [7, 11) is 1.37. The van der Waals surface area contributed by atoms with Gasteiger partial charge in [-0.2, -0.15) is 13.2 Å². The van der Waals surface area contributed by atoms with E-state index in [1.807, 2.05) is 0 Å². The molecule has 1 aromatic heterocycles. The lowest BCUT2D eigenvalue weighted by Gasteiger charge is -2.10. The van der Waals surface area contributed by atoms with Crippen molar-refractivity contribution in [2.45, 2.75) is 6.18 Å². The number of alkyl halides is 4. The van der Waals surface area contributed by atoms with Crippen LogP contribution in [0.2, 0.25) is 0 Å². The lowest BCUT2D eigenvalue weighted by atomic mass is 10.1. The van der Waals surface area contributed by atoms with E-state index in [2.05, 4.69) is 0 Å². The minimum atomic E-state index is -4.62. The topological polar surface area (TPSA) is 51.5 Å². The molecule has 0 saturated heterocycles. The summed E-state index contributed by atoms with van der Waals surface area (Å²) in [5.74, 6) is -1.65. The molecule has 114 valence electrons. The van der Waals surface area contributed by atoms with E-state index < -0.39 is 17.7 Å². The van der Waals surface area contributed by atoms with Gasteiger partial charge in [-0.1, -0.05) is 6.07 Å². The smallest absolute Gasteiger partial charge is 0.417 e. The summed E-state index contributed by atoms with van der Waals surface area (Å²) >= 11 is 5.47. The van der Waals surface area contributed by atoms with Crippen LogP contribution in [0.1, 0.15) is 16.1 Å². The van der Waals surface area contributed by atoms with Crippen LogP contribution >= 0.6 is 11.6 Å². The zero-order valence-corrected chi connectivity index (χ0v) is 11.6. The van der Waals surface area contributed by atoms with Crippen LogP contribution in [0.3, 0.4) is 0 Å². The van der Waals surface area contributed by atoms with Crippen molar-refractivity contribution < 1.29 is 27.8 Å². The fourth-order valence-corrected chi connectivity index (χ4v) is 2.28. The third kappa shape index (κ3) is 2.65. The van der Waals surface area contributed by atoms with Crippen LogP contribution in [-0.4, -0.2) is 28.1 Å². The number of aromatic nitrogens is 1. The van der Waals surface area contributed by atoms with Gasteiger partial charge < -0.3 is 14.4 Å². The summed E-state index contributed by atoms with van der Waals surface area (Å²) in [5.41, 5.74) is -1.15. The van der Waals surface area contributed by atoms with Gasteiger partial charge >= 0.3 is 12.1 Å². The van der Waals surface area contributed by atoms with Gasteiger partial charge in [0.25, 0.3) is 0 Å². The summed E-state index contributed by atoms with van der Waals surface area (Å²) in [4.78, 5) is 11.3. The molecule has 0 amide bonds. The van der Waals surface area contributed by atoms with Crippen LogP contribution in [0.15, 0.2) is 18.2 Å². The molecule has 1 N–H and O–H groups in total. The fourth-order valence-electron chi connectivity index (χ4n) is 2.21. The number of hydrogen-bond donors (Lipinski definition) is 1. The first kappa shape index (κ1) is 15.5. The number of hydrogen-bond acceptors (Lipinski definition) is 2. The summed E-state index contributed by atoms with van der Waals surface area (Å²) in [6, 6.07) is 3.52. The van der Waals surface area contributed by atoms with Crippen LogP contribution in [-0.2, 0) is 13.2 Å². The minimum Gasteiger partial charge on any atom is -0.489 e. The second kappa shape index (κ2) is 5.48. The molecule has 0 fully saturated rings. The zero-order chi connectivity index (χ0) is 15.8. The number of ether oxygens (including phenoxy) is 1. The molecule has 1 heterocycles. The average molecular weight is 322 g/mol. The Balaban J connectivity index is 2.86. The summed E-state index contributed by atoms with van der Waals surface area (Å²) in [5, 5.41) is 8.96. The molecule has 0 aliphatic rings. The molecule has 0 aliphatic heterocycles. The van der Waals surface area contributed by atoms with E-state index >= 15 is 0 Å². The number of benzene rings is 1. The Hall–Kier alpha value is -1.89. The highest BCUT2D eigenvalue weighted by Gasteiger charge is 2.36. The van der Waals surface area contributed by atoms with Crippen LogP contribution < -0.4 is 4.74 Å². The maximum Gasteiger partial charge on any atom is 0.417 e. The first-order valence-electron chi connectivity index (χ1n) is 5.89. The van der Waals surface area contributed by atoms with E-state index in [-0.39, 0.29) is 34.8 Å². The molecule has 1 aromatic carbocycles. The molecule has 0 saturated carbocycles. The second-order valence-corrected chi connectivity index (χ2v) is 4.65. The predicted octanol–water partition coefficient (Wildman–Crippen LogP) is 3.51. The third-order valence-corrected chi connectivity index (χ3v) is 3.17. The standard InChI is InChI=1S/C13H11ClF3NO3/c1-18-8-4-2-3-7(13(15,16)17)9(8)11(21-6-5-14)10(18)12(19)20/h2-4H,5-6H2,1H3,(H,19,20). The van der Waals surface area contributed by atoms with Gasteiger partial charge in [0.15, 0.2) is 11.4 Å². The zero-order valence-electron chi connectivity index (χ0n) is 10.9. The molecule has 0 spiro atoms. The first-order valence-corrected chi connectivity index (χ1v) is 6.43. The molecule has 0 bridgehead atoms. The van der Waals surface area contributed by atoms with Gasteiger partial charge in [0.05, 0.1) is 22.3 Å². The molecule has 2 rings (SSSR count). The highest BCUT2D eigenvalue weighted by molar-refractivity contribution is 6.18. The highest BCUT2D eigenvalue weighted by Crippen LogP contribution is 2.42. The maximum atomic E-state index is 13.1. The van der Waals surface area contributed by atoms with Gasteiger partial charge in [0.2, 0.25) is 0 Å². The number of aryl methyl sites for hydroxylation is 1. The number of nitrogens with zero attached hydrogens (tertiary/aromatic N) is 1. The molecule has 21 heavy (non-hydrogen) atoms. The lowest BCUT2D eigenvalue weighted by molar-refractivity contribution is -0.136. The molecule has 0 radical (unpaired) electrons. The van der Waals surface area contributed by atoms with Crippen molar-refractivity contribution in [3.05, 3.63) is 29.5 Å². The normalized spacial score (nSPS) is 11.9. The maximum absolute atomic E-state index is 13.1. The van der Waals surface area contributed by atoms with Crippen LogP contribution in [0.4, 0.5) is 13.2 Å². The molecule has 0 unspecified atom stereocenters. The predicted molar refractivity (Wildman–Crippen MR) is 71.1 cm³/mol. The van der Waals surface area contributed by atoms with Crippen molar-refractivity contribution in [3.8, 4) is 5.75 Å². The molecule has 4 nitrogen and oxygen atoms in total. The van der Waals surface area contributed by atoms with Gasteiger partial charge in [-0.05, 0) is 12.1 Å². The van der Waals surface area contributed by atoms with Crippen molar-refractivity contribution >= 4 is 28.5 Å². The molecule has 2 aromatic rings. The minimum absolute atomic E-state index is 0.0314. The lowest BCUT2D eigenvalue weighted by Crippen LogP contribution is -2.09. The summed E-state index contributed by atoms with van der Waals surface area (Å²) < 4.78 is 45.7. The van der Waals surface area contributed by atoms with Crippen molar-refractivity contribution in [1.82, 2.24) is 4.57 Å². The molecule has 8 heteroatoms. The molecule has 0 aliphatic carbocycles. The van der Waals surface area contributed by atoms with Crippen molar-refractivity contribution in [2.75, 3.05) is 12.5 Å². The Morgan fingerprint density at radius 2 is 2.10 bits per heavy atom. The third-order valence-electron chi connectivity index (χ3n) is 3.01. The number of carboxylic acid groups (broad SMARTS) is 1. The van der Waals surface area contributed by atoms with Crippen LogP contribution in [0.25, 0.3) is 10.9 Å². The van der Waals surface area contributed by atoms with Crippen molar-refractivity contribution in [3.63, 3.8) is 0 Å². The van der Waals surface area contributed by atoms with Crippen molar-refractivity contribution in [2.24, 2.45) is 7.05 Å². The van der Waals surface area contributed by atoms with E-state index in [1.54, 1.807) is 0 Å². The first-order chi connectivity index (χ1) is 9.79. The van der Waals surface area contributed by atoms with E-state index in [9.17, 15) is 23.1 Å². The summed E-state index contributed by atoms with van der Waals surface area (Å²) in [6.45, 7) is -0.0901. The number of halogens is 4. The van der Waals surface area contributed by atoms with E-state index in [0.717, 1.165) is 10.6 Å². The number of carboxylic acids is 1. The van der Waals surface area contributed by atoms with Gasteiger partial charge in [0, 0.05) is 7.05 Å². The van der Waals surface area contributed by atoms with E-state index in [4.69, 9.17) is 16.3 Å². The monoisotopic (exact) mass is 321 g/mol. The number of rotatable bonds is 4. The number of fused-ring (bicyclic) bond motifs is 1. The number of aromatic carboxylic acids is 1. The van der Waals surface area contributed by atoms with Crippen LogP contribution in [0, 0.1) is 0 Å². The Morgan fingerprint density at radius 1 is 1.43 bits per heavy atom. The second-order valence-electron chi connectivity index (χ2n) is 4.28. The Kier molecular flexibility index (Phi) is 4.04. The van der Waals surface area contributed by atoms with Crippen molar-refractivity contribution in [1.29, 1.82) is 0 Å². The van der Waals surface area contributed by atoms with Gasteiger partial charge in [-0.15, -0.1) is 11.6 Å². The Morgan fingerprint density at radius 3 is 2.62 bits per heavy atom. The Labute approximate surface area is 122 Å². The van der Waals surface area contributed by atoms with Gasteiger partial charge in [0.1, 0.15) is 6.61 Å². The van der Waals surface area contributed by atoms with Crippen LogP contribution in [0.5, 0.6) is 5.75 Å². The largest absolute Gasteiger partial charge is 0.489 e. The van der Waals surface area contributed by atoms with Gasteiger partial charge in [-0.25, -0.2) is 4.79 Å². The average Bonchev–Trinajstić information content (AvgIpc) is 2.68. The van der Waals surface area contributed by atoms with E-state index in [0.29, 0.717) is 0 Å². The fraction of sp³-hybridized carbons (Fsp3) is 0.308. The van der Waals surface area contributed by atoms with E-state index in [1.165, 1.54) is 19.2 Å².